The lowest BCUT2D eigenvalue weighted by Crippen LogP contribution is -2.43. The first-order valence-corrected chi connectivity index (χ1v) is 8.53. The van der Waals surface area contributed by atoms with Gasteiger partial charge in [-0.25, -0.2) is 9.97 Å². The minimum Gasteiger partial charge on any atom is -0.497 e. The highest BCUT2D eigenvalue weighted by atomic mass is 35.5. The Morgan fingerprint density at radius 3 is 2.16 bits per heavy atom. The molecule has 1 aromatic carbocycles. The van der Waals surface area contributed by atoms with E-state index >= 15 is 0 Å². The Kier molecular flexibility index (Phi) is 5.01. The number of ether oxygens (including phenoxy) is 2. The average Bonchev–Trinajstić information content (AvgIpc) is 2.61. The first-order valence-electron chi connectivity index (χ1n) is 8.15. The zero-order chi connectivity index (χ0) is 18.0. The quantitative estimate of drug-likeness (QED) is 0.842. The SMILES string of the molecule is COc1cc(OC)cc(C2(O)CCN(c3cc(Cl)nc(C)n3)CC2)c1. The number of piperidine rings is 1. The normalized spacial score (nSPS) is 16.6. The van der Waals surface area contributed by atoms with Crippen LogP contribution in [0.3, 0.4) is 0 Å². The highest BCUT2D eigenvalue weighted by molar-refractivity contribution is 6.29. The molecular formula is C18H22ClN3O3. The monoisotopic (exact) mass is 363 g/mol. The van der Waals surface area contributed by atoms with Crippen LogP contribution in [0.15, 0.2) is 24.3 Å². The fraction of sp³-hybridized carbons (Fsp3) is 0.444. The summed E-state index contributed by atoms with van der Waals surface area (Å²) in [6.45, 7) is 3.16. The fourth-order valence-electron chi connectivity index (χ4n) is 3.15. The Morgan fingerprint density at radius 2 is 1.64 bits per heavy atom. The summed E-state index contributed by atoms with van der Waals surface area (Å²) < 4.78 is 10.6. The van der Waals surface area contributed by atoms with Crippen molar-refractivity contribution in [2.45, 2.75) is 25.4 Å². The van der Waals surface area contributed by atoms with Crippen molar-refractivity contribution in [2.75, 3.05) is 32.2 Å². The molecule has 1 aliphatic rings. The lowest BCUT2D eigenvalue weighted by atomic mass is 9.84. The summed E-state index contributed by atoms with van der Waals surface area (Å²) in [4.78, 5) is 10.7. The van der Waals surface area contributed by atoms with Crippen molar-refractivity contribution in [2.24, 2.45) is 0 Å². The molecule has 0 unspecified atom stereocenters. The van der Waals surface area contributed by atoms with Crippen molar-refractivity contribution >= 4 is 17.4 Å². The molecule has 2 heterocycles. The highest BCUT2D eigenvalue weighted by Crippen LogP contribution is 2.37. The smallest absolute Gasteiger partial charge is 0.134 e. The number of nitrogens with zero attached hydrogens (tertiary/aromatic N) is 3. The predicted molar refractivity (Wildman–Crippen MR) is 96.7 cm³/mol. The molecule has 25 heavy (non-hydrogen) atoms. The average molecular weight is 364 g/mol. The van der Waals surface area contributed by atoms with Crippen LogP contribution in [0.4, 0.5) is 5.82 Å². The van der Waals surface area contributed by atoms with Gasteiger partial charge < -0.3 is 19.5 Å². The number of aryl methyl sites for hydroxylation is 1. The molecule has 0 bridgehead atoms. The van der Waals surface area contributed by atoms with Crippen LogP contribution in [0.25, 0.3) is 0 Å². The van der Waals surface area contributed by atoms with Crippen LogP contribution in [0.1, 0.15) is 24.2 Å². The molecule has 0 spiro atoms. The largest absolute Gasteiger partial charge is 0.497 e. The Labute approximate surface area is 152 Å². The number of benzene rings is 1. The van der Waals surface area contributed by atoms with Crippen LogP contribution in [0.5, 0.6) is 11.5 Å². The van der Waals surface area contributed by atoms with Gasteiger partial charge in [0.15, 0.2) is 0 Å². The lowest BCUT2D eigenvalue weighted by Gasteiger charge is -2.39. The number of hydrogen-bond donors (Lipinski definition) is 1. The van der Waals surface area contributed by atoms with E-state index in [1.54, 1.807) is 26.4 Å². The molecule has 1 N–H and O–H groups in total. The minimum absolute atomic E-state index is 0.431. The molecule has 0 atom stereocenters. The third-order valence-electron chi connectivity index (χ3n) is 4.60. The summed E-state index contributed by atoms with van der Waals surface area (Å²) in [6, 6.07) is 7.29. The van der Waals surface area contributed by atoms with Gasteiger partial charge in [0.25, 0.3) is 0 Å². The predicted octanol–water partition coefficient (Wildman–Crippen LogP) is 2.94. The van der Waals surface area contributed by atoms with Crippen molar-refractivity contribution in [3.05, 3.63) is 40.8 Å². The van der Waals surface area contributed by atoms with Crippen molar-refractivity contribution in [1.82, 2.24) is 9.97 Å². The molecule has 134 valence electrons. The van der Waals surface area contributed by atoms with Gasteiger partial charge in [0.1, 0.15) is 28.3 Å². The first-order chi connectivity index (χ1) is 11.9. The van der Waals surface area contributed by atoms with Crippen LogP contribution < -0.4 is 14.4 Å². The number of methoxy groups -OCH3 is 2. The van der Waals surface area contributed by atoms with E-state index in [2.05, 4.69) is 14.9 Å². The summed E-state index contributed by atoms with van der Waals surface area (Å²) in [5, 5.41) is 11.6. The van der Waals surface area contributed by atoms with Crippen LogP contribution in [0.2, 0.25) is 5.15 Å². The number of rotatable bonds is 4. The standard InChI is InChI=1S/C18H22ClN3O3/c1-12-20-16(19)11-17(21-12)22-6-4-18(23,5-7-22)13-8-14(24-2)10-15(9-13)25-3/h8-11,23H,4-7H2,1-3H3. The summed E-state index contributed by atoms with van der Waals surface area (Å²) in [6.07, 6.45) is 1.15. The van der Waals surface area contributed by atoms with E-state index in [9.17, 15) is 5.11 Å². The van der Waals surface area contributed by atoms with E-state index in [4.69, 9.17) is 21.1 Å². The Balaban J connectivity index is 1.80. The van der Waals surface area contributed by atoms with Gasteiger partial charge in [-0.1, -0.05) is 11.6 Å². The second-order valence-electron chi connectivity index (χ2n) is 6.22. The number of aliphatic hydroxyl groups is 1. The van der Waals surface area contributed by atoms with E-state index < -0.39 is 5.60 Å². The summed E-state index contributed by atoms with van der Waals surface area (Å²) >= 11 is 6.03. The maximum Gasteiger partial charge on any atom is 0.134 e. The van der Waals surface area contributed by atoms with Gasteiger partial charge in [-0.05, 0) is 37.5 Å². The van der Waals surface area contributed by atoms with Crippen LogP contribution in [-0.4, -0.2) is 42.4 Å². The highest BCUT2D eigenvalue weighted by Gasteiger charge is 2.35. The molecule has 1 fully saturated rings. The van der Waals surface area contributed by atoms with E-state index in [0.29, 0.717) is 48.4 Å². The van der Waals surface area contributed by atoms with Gasteiger partial charge in [-0.3, -0.25) is 0 Å². The van der Waals surface area contributed by atoms with E-state index in [0.717, 1.165) is 11.4 Å². The lowest BCUT2D eigenvalue weighted by molar-refractivity contribution is 0.0113. The third kappa shape index (κ3) is 3.80. The van der Waals surface area contributed by atoms with Crippen LogP contribution in [-0.2, 0) is 5.60 Å². The topological polar surface area (TPSA) is 67.7 Å². The Morgan fingerprint density at radius 1 is 1.04 bits per heavy atom. The van der Waals surface area contributed by atoms with Crippen molar-refractivity contribution in [3.8, 4) is 11.5 Å². The van der Waals surface area contributed by atoms with E-state index in [-0.39, 0.29) is 0 Å². The molecule has 0 amide bonds. The second kappa shape index (κ2) is 7.06. The zero-order valence-corrected chi connectivity index (χ0v) is 15.4. The number of hydrogen-bond acceptors (Lipinski definition) is 6. The molecule has 0 aliphatic carbocycles. The first kappa shape index (κ1) is 17.8. The fourth-order valence-corrected chi connectivity index (χ4v) is 3.37. The molecule has 1 aromatic heterocycles. The van der Waals surface area contributed by atoms with Crippen molar-refractivity contribution in [3.63, 3.8) is 0 Å². The molecule has 1 saturated heterocycles. The third-order valence-corrected chi connectivity index (χ3v) is 4.79. The van der Waals surface area contributed by atoms with Crippen LogP contribution >= 0.6 is 11.6 Å². The molecule has 0 saturated carbocycles. The Bertz CT molecular complexity index is 719. The van der Waals surface area contributed by atoms with Crippen LogP contribution in [0, 0.1) is 6.92 Å². The second-order valence-corrected chi connectivity index (χ2v) is 6.60. The van der Waals surface area contributed by atoms with E-state index in [1.807, 2.05) is 19.1 Å². The van der Waals surface area contributed by atoms with Crippen molar-refractivity contribution in [1.29, 1.82) is 0 Å². The van der Waals surface area contributed by atoms with Gasteiger partial charge in [0, 0.05) is 25.2 Å². The molecule has 0 radical (unpaired) electrons. The minimum atomic E-state index is -0.926. The number of halogens is 1. The molecule has 1 aliphatic heterocycles. The Hall–Kier alpha value is -2.05. The van der Waals surface area contributed by atoms with Gasteiger partial charge >= 0.3 is 0 Å². The van der Waals surface area contributed by atoms with Gasteiger partial charge in [0.2, 0.25) is 0 Å². The zero-order valence-electron chi connectivity index (χ0n) is 14.6. The summed E-state index contributed by atoms with van der Waals surface area (Å²) in [5.41, 5.74) is -0.121. The number of aromatic nitrogens is 2. The number of anilines is 1. The van der Waals surface area contributed by atoms with Gasteiger partial charge in [0.05, 0.1) is 19.8 Å². The summed E-state index contributed by atoms with van der Waals surface area (Å²) in [7, 11) is 3.21. The molecule has 7 heteroatoms. The van der Waals surface area contributed by atoms with Gasteiger partial charge in [-0.2, -0.15) is 0 Å². The maximum absolute atomic E-state index is 11.2. The van der Waals surface area contributed by atoms with E-state index in [1.165, 1.54) is 0 Å². The molecule has 3 rings (SSSR count). The molecule has 6 nitrogen and oxygen atoms in total. The molecular weight excluding hydrogens is 342 g/mol. The van der Waals surface area contributed by atoms with Gasteiger partial charge in [-0.15, -0.1) is 0 Å². The van der Waals surface area contributed by atoms with Crippen molar-refractivity contribution < 1.29 is 14.6 Å². The summed E-state index contributed by atoms with van der Waals surface area (Å²) in [5.74, 6) is 2.77. The molecule has 2 aromatic rings. The maximum atomic E-state index is 11.2.